The molecular weight excluding hydrogens is 356 g/mol. The van der Waals surface area contributed by atoms with E-state index in [1.165, 1.54) is 4.80 Å². The predicted molar refractivity (Wildman–Crippen MR) is 103 cm³/mol. The molecule has 0 fully saturated rings. The van der Waals surface area contributed by atoms with E-state index in [-0.39, 0.29) is 0 Å². The minimum Gasteiger partial charge on any atom is -0.496 e. The lowest BCUT2D eigenvalue weighted by Crippen LogP contribution is -2.12. The van der Waals surface area contributed by atoms with Crippen molar-refractivity contribution in [1.82, 2.24) is 25.2 Å². The molecule has 8 nitrogen and oxygen atoms in total. The molecule has 0 unspecified atom stereocenters. The van der Waals surface area contributed by atoms with E-state index in [1.54, 1.807) is 31.5 Å². The molecule has 0 bridgehead atoms. The van der Waals surface area contributed by atoms with Gasteiger partial charge in [0.25, 0.3) is 0 Å². The Morgan fingerprint density at radius 2 is 1.86 bits per heavy atom. The van der Waals surface area contributed by atoms with Gasteiger partial charge in [-0.15, -0.1) is 15.0 Å². The molecule has 2 aromatic heterocycles. The van der Waals surface area contributed by atoms with E-state index in [0.29, 0.717) is 34.1 Å². The summed E-state index contributed by atoms with van der Waals surface area (Å²) in [6, 6.07) is 18.0. The van der Waals surface area contributed by atoms with Gasteiger partial charge in [-0.1, -0.05) is 24.3 Å². The zero-order chi connectivity index (χ0) is 19.5. The molecule has 2 heterocycles. The number of pyridine rings is 1. The van der Waals surface area contributed by atoms with Crippen molar-refractivity contribution < 1.29 is 9.53 Å². The first-order chi connectivity index (χ1) is 13.7. The number of hydrogen-bond donors (Lipinski definition) is 1. The van der Waals surface area contributed by atoms with Crippen molar-refractivity contribution in [3.05, 3.63) is 72.4 Å². The van der Waals surface area contributed by atoms with E-state index in [1.807, 2.05) is 42.5 Å². The minimum absolute atomic E-state index is 0.419. The highest BCUT2D eigenvalue weighted by Gasteiger charge is 2.15. The van der Waals surface area contributed by atoms with Gasteiger partial charge in [0.05, 0.1) is 12.8 Å². The number of methoxy groups -OCH3 is 1. The predicted octanol–water partition coefficient (Wildman–Crippen LogP) is 2.50. The summed E-state index contributed by atoms with van der Waals surface area (Å²) in [7, 11) is 1.56. The van der Waals surface area contributed by atoms with E-state index >= 15 is 0 Å². The maximum absolute atomic E-state index is 11.8. The number of benzene rings is 2. The third-order valence-electron chi connectivity index (χ3n) is 4.21. The van der Waals surface area contributed by atoms with Gasteiger partial charge in [-0.05, 0) is 41.1 Å². The Kier molecular flexibility index (Phi) is 4.51. The molecule has 138 valence electrons. The van der Waals surface area contributed by atoms with Crippen LogP contribution in [0.4, 0.5) is 0 Å². The fraction of sp³-hybridized carbons (Fsp3) is 0.0500. The fourth-order valence-corrected chi connectivity index (χ4v) is 2.88. The number of nitrogens with zero attached hydrogens (tertiary/aromatic N) is 5. The van der Waals surface area contributed by atoms with Gasteiger partial charge in [-0.3, -0.25) is 9.78 Å². The van der Waals surface area contributed by atoms with Crippen LogP contribution in [0.1, 0.15) is 10.4 Å². The zero-order valence-corrected chi connectivity index (χ0v) is 15.0. The number of rotatable bonds is 5. The van der Waals surface area contributed by atoms with Crippen LogP contribution in [0.15, 0.2) is 66.9 Å². The smallest absolute Gasteiger partial charge is 0.249 e. The number of ether oxygens (including phenoxy) is 1. The minimum atomic E-state index is -0.500. The van der Waals surface area contributed by atoms with E-state index in [0.717, 1.165) is 5.56 Å². The molecule has 0 saturated heterocycles. The highest BCUT2D eigenvalue weighted by molar-refractivity contribution is 6.00. The van der Waals surface area contributed by atoms with Crippen LogP contribution in [0.5, 0.6) is 5.75 Å². The van der Waals surface area contributed by atoms with Gasteiger partial charge in [-0.25, -0.2) is 0 Å². The van der Waals surface area contributed by atoms with Gasteiger partial charge in [0.1, 0.15) is 11.4 Å². The van der Waals surface area contributed by atoms with Gasteiger partial charge in [0.2, 0.25) is 11.7 Å². The van der Waals surface area contributed by atoms with Crippen LogP contribution >= 0.6 is 0 Å². The first-order valence-corrected chi connectivity index (χ1v) is 8.46. The molecular formula is C20H16N6O2. The van der Waals surface area contributed by atoms with Crippen LogP contribution in [-0.2, 0) is 0 Å². The summed E-state index contributed by atoms with van der Waals surface area (Å²) in [6.45, 7) is 0. The lowest BCUT2D eigenvalue weighted by molar-refractivity contribution is 0.100. The van der Waals surface area contributed by atoms with Crippen molar-refractivity contribution in [2.75, 3.05) is 7.11 Å². The number of carbonyl (C=O) groups is 1. The molecule has 4 aromatic rings. The summed E-state index contributed by atoms with van der Waals surface area (Å²) in [4.78, 5) is 17.4. The monoisotopic (exact) mass is 372 g/mol. The molecule has 0 aliphatic rings. The Morgan fingerprint density at radius 1 is 1.04 bits per heavy atom. The van der Waals surface area contributed by atoms with Gasteiger partial charge >= 0.3 is 0 Å². The molecule has 0 aliphatic carbocycles. The van der Waals surface area contributed by atoms with Crippen LogP contribution in [0.3, 0.4) is 0 Å². The van der Waals surface area contributed by atoms with Gasteiger partial charge in [0.15, 0.2) is 0 Å². The van der Waals surface area contributed by atoms with Crippen LogP contribution in [0.2, 0.25) is 0 Å². The average molecular weight is 372 g/mol. The number of primary amides is 1. The highest BCUT2D eigenvalue weighted by atomic mass is 16.5. The first kappa shape index (κ1) is 17.3. The van der Waals surface area contributed by atoms with Crippen molar-refractivity contribution >= 4 is 5.91 Å². The molecule has 8 heteroatoms. The van der Waals surface area contributed by atoms with Crippen LogP contribution in [0, 0.1) is 0 Å². The van der Waals surface area contributed by atoms with Crippen molar-refractivity contribution in [2.24, 2.45) is 5.73 Å². The summed E-state index contributed by atoms with van der Waals surface area (Å²) in [5.41, 5.74) is 8.65. The van der Waals surface area contributed by atoms with Crippen molar-refractivity contribution in [1.29, 1.82) is 0 Å². The lowest BCUT2D eigenvalue weighted by atomic mass is 9.98. The number of aromatic nitrogens is 5. The molecule has 0 spiro atoms. The molecule has 2 aromatic carbocycles. The molecule has 4 rings (SSSR count). The van der Waals surface area contributed by atoms with Gasteiger partial charge in [-0.2, -0.15) is 0 Å². The first-order valence-electron chi connectivity index (χ1n) is 8.46. The van der Waals surface area contributed by atoms with Gasteiger partial charge in [0, 0.05) is 23.4 Å². The number of hydrogen-bond acceptors (Lipinski definition) is 6. The Hall–Kier alpha value is -4.07. The summed E-state index contributed by atoms with van der Waals surface area (Å²) >= 11 is 0. The van der Waals surface area contributed by atoms with Crippen molar-refractivity contribution in [3.8, 4) is 34.1 Å². The third-order valence-corrected chi connectivity index (χ3v) is 4.21. The molecule has 0 saturated carbocycles. The van der Waals surface area contributed by atoms with Crippen molar-refractivity contribution in [3.63, 3.8) is 0 Å². The Labute approximate surface area is 160 Å². The van der Waals surface area contributed by atoms with E-state index < -0.39 is 5.91 Å². The number of amides is 1. The van der Waals surface area contributed by atoms with E-state index in [9.17, 15) is 4.79 Å². The zero-order valence-electron chi connectivity index (χ0n) is 15.0. The molecule has 0 atom stereocenters. The molecule has 1 amide bonds. The Morgan fingerprint density at radius 3 is 2.61 bits per heavy atom. The average Bonchev–Trinajstić information content (AvgIpc) is 3.24. The molecule has 2 N–H and O–H groups in total. The number of carbonyl (C=O) groups excluding carboxylic acids is 1. The third kappa shape index (κ3) is 3.18. The Bertz CT molecular complexity index is 1140. The van der Waals surface area contributed by atoms with Crippen LogP contribution in [-0.4, -0.2) is 38.2 Å². The molecule has 28 heavy (non-hydrogen) atoms. The summed E-state index contributed by atoms with van der Waals surface area (Å²) in [5.74, 6) is 0.477. The standard InChI is InChI=1S/C20H16N6O2/c1-28-18-12-13(26-24-20(23-25-26)17-8-4-5-11-22-17)9-10-15(18)14-6-2-3-7-16(14)19(21)27/h2-12H,1H3,(H2,21,27). The van der Waals surface area contributed by atoms with Gasteiger partial charge < -0.3 is 10.5 Å². The SMILES string of the molecule is COc1cc(-n2nnc(-c3ccccn3)n2)ccc1-c1ccccc1C(N)=O. The maximum atomic E-state index is 11.8. The number of nitrogens with two attached hydrogens (primary N) is 1. The van der Waals surface area contributed by atoms with E-state index in [2.05, 4.69) is 20.4 Å². The second-order valence-electron chi connectivity index (χ2n) is 5.91. The topological polar surface area (TPSA) is 109 Å². The van der Waals surface area contributed by atoms with Crippen LogP contribution < -0.4 is 10.5 Å². The van der Waals surface area contributed by atoms with Crippen LogP contribution in [0.25, 0.3) is 28.3 Å². The summed E-state index contributed by atoms with van der Waals surface area (Å²) < 4.78 is 5.53. The fourth-order valence-electron chi connectivity index (χ4n) is 2.88. The largest absolute Gasteiger partial charge is 0.496 e. The summed E-state index contributed by atoms with van der Waals surface area (Å²) in [5, 5.41) is 12.5. The van der Waals surface area contributed by atoms with E-state index in [4.69, 9.17) is 10.5 Å². The lowest BCUT2D eigenvalue weighted by Gasteiger charge is -2.12. The number of tetrazole rings is 1. The second kappa shape index (κ2) is 7.28. The Balaban J connectivity index is 1.75. The summed E-state index contributed by atoms with van der Waals surface area (Å²) in [6.07, 6.45) is 1.67. The van der Waals surface area contributed by atoms with Crippen molar-refractivity contribution in [2.45, 2.75) is 0 Å². The quantitative estimate of drug-likeness (QED) is 0.576. The maximum Gasteiger partial charge on any atom is 0.249 e. The normalized spacial score (nSPS) is 10.6. The molecule has 0 aliphatic heterocycles. The highest BCUT2D eigenvalue weighted by Crippen LogP contribution is 2.33. The second-order valence-corrected chi connectivity index (χ2v) is 5.91. The molecule has 0 radical (unpaired) electrons.